The normalized spacial score (nSPS) is 12.4. The van der Waals surface area contributed by atoms with Gasteiger partial charge in [-0.3, -0.25) is 4.68 Å². The number of rotatable bonds is 5. The molecule has 1 heterocycles. The van der Waals surface area contributed by atoms with E-state index in [-0.39, 0.29) is 6.04 Å². The Hall–Kier alpha value is -1.33. The molecule has 102 valence electrons. The first kappa shape index (κ1) is 14.1. The summed E-state index contributed by atoms with van der Waals surface area (Å²) in [6.07, 6.45) is 5.36. The molecule has 0 bridgehead atoms. The van der Waals surface area contributed by atoms with Crippen LogP contribution in [0.5, 0.6) is 11.5 Å². The highest BCUT2D eigenvalue weighted by Gasteiger charge is 2.07. The molecule has 1 aromatic heterocycles. The monoisotopic (exact) mass is 323 g/mol. The number of benzene rings is 1. The van der Waals surface area contributed by atoms with Gasteiger partial charge in [-0.2, -0.15) is 5.10 Å². The van der Waals surface area contributed by atoms with Crippen LogP contribution in [0.4, 0.5) is 0 Å². The van der Waals surface area contributed by atoms with Crippen LogP contribution in [0.3, 0.4) is 0 Å². The van der Waals surface area contributed by atoms with Crippen LogP contribution in [0.1, 0.15) is 18.9 Å². The summed E-state index contributed by atoms with van der Waals surface area (Å²) in [5.74, 6) is 1.51. The van der Waals surface area contributed by atoms with Crippen molar-refractivity contribution in [1.29, 1.82) is 0 Å². The van der Waals surface area contributed by atoms with Crippen LogP contribution in [0.15, 0.2) is 35.1 Å². The summed E-state index contributed by atoms with van der Waals surface area (Å²) in [7, 11) is 1.86. The lowest BCUT2D eigenvalue weighted by Gasteiger charge is -2.11. The lowest BCUT2D eigenvalue weighted by molar-refractivity contribution is 0.481. The van der Waals surface area contributed by atoms with E-state index in [1.54, 1.807) is 10.9 Å². The predicted molar refractivity (Wildman–Crippen MR) is 79.4 cm³/mol. The molecule has 0 fully saturated rings. The zero-order chi connectivity index (χ0) is 13.8. The van der Waals surface area contributed by atoms with Crippen LogP contribution in [-0.4, -0.2) is 15.8 Å². The second-order valence-electron chi connectivity index (χ2n) is 4.58. The molecule has 0 aliphatic heterocycles. The van der Waals surface area contributed by atoms with Crippen LogP contribution in [0.2, 0.25) is 0 Å². The van der Waals surface area contributed by atoms with Gasteiger partial charge in [-0.25, -0.2) is 0 Å². The minimum Gasteiger partial charge on any atom is -0.454 e. The fourth-order valence-electron chi connectivity index (χ4n) is 1.77. The second kappa shape index (κ2) is 6.21. The largest absolute Gasteiger partial charge is 0.454 e. The van der Waals surface area contributed by atoms with E-state index in [2.05, 4.69) is 28.0 Å². The summed E-state index contributed by atoms with van der Waals surface area (Å²) in [4.78, 5) is 0. The zero-order valence-corrected chi connectivity index (χ0v) is 12.7. The van der Waals surface area contributed by atoms with Gasteiger partial charge in [0.2, 0.25) is 0 Å². The molecule has 1 unspecified atom stereocenters. The Balaban J connectivity index is 2.10. The minimum absolute atomic E-state index is 0.196. The molecule has 1 atom stereocenters. The van der Waals surface area contributed by atoms with Crippen molar-refractivity contribution in [3.05, 3.63) is 40.6 Å². The first-order chi connectivity index (χ1) is 9.08. The number of hydrogen-bond donors (Lipinski definition) is 1. The Kier molecular flexibility index (Phi) is 4.61. The number of nitrogens with zero attached hydrogens (tertiary/aromatic N) is 2. The van der Waals surface area contributed by atoms with Crippen molar-refractivity contribution in [2.45, 2.75) is 25.8 Å². The van der Waals surface area contributed by atoms with Crippen molar-refractivity contribution < 1.29 is 4.74 Å². The molecule has 2 rings (SSSR count). The van der Waals surface area contributed by atoms with Gasteiger partial charge in [-0.05, 0) is 30.5 Å². The summed E-state index contributed by atoms with van der Waals surface area (Å²) in [5, 5.41) is 4.07. The molecule has 0 aliphatic rings. The molecule has 2 N–H and O–H groups in total. The lowest BCUT2D eigenvalue weighted by Crippen LogP contribution is -2.21. The van der Waals surface area contributed by atoms with E-state index < -0.39 is 0 Å². The highest BCUT2D eigenvalue weighted by molar-refractivity contribution is 9.10. The fraction of sp³-hybridized carbons (Fsp3) is 0.357. The summed E-state index contributed by atoms with van der Waals surface area (Å²) in [6.45, 7) is 2.10. The number of ether oxygens (including phenoxy) is 1. The standard InChI is InChI=1S/C14H18BrN3O/c1-3-11(16)6-10-4-5-12(7-14(10)15)19-13-8-17-18(2)9-13/h4-5,7-9,11H,3,6,16H2,1-2H3. The minimum atomic E-state index is 0.196. The van der Waals surface area contributed by atoms with Crippen LogP contribution in [0.25, 0.3) is 0 Å². The van der Waals surface area contributed by atoms with Crippen LogP contribution < -0.4 is 10.5 Å². The summed E-state index contributed by atoms with van der Waals surface area (Å²) < 4.78 is 8.45. The topological polar surface area (TPSA) is 53.1 Å². The Bertz CT molecular complexity index is 553. The molecule has 0 amide bonds. The number of hydrogen-bond acceptors (Lipinski definition) is 3. The van der Waals surface area contributed by atoms with Gasteiger partial charge in [0.05, 0.1) is 12.4 Å². The van der Waals surface area contributed by atoms with E-state index in [4.69, 9.17) is 10.5 Å². The van der Waals surface area contributed by atoms with Crippen LogP contribution in [0, 0.1) is 0 Å². The van der Waals surface area contributed by atoms with Gasteiger partial charge < -0.3 is 10.5 Å². The summed E-state index contributed by atoms with van der Waals surface area (Å²) in [5.41, 5.74) is 7.18. The highest BCUT2D eigenvalue weighted by Crippen LogP contribution is 2.27. The Morgan fingerprint density at radius 3 is 2.79 bits per heavy atom. The summed E-state index contributed by atoms with van der Waals surface area (Å²) in [6, 6.07) is 6.16. The maximum atomic E-state index is 5.98. The third kappa shape index (κ3) is 3.81. The molecule has 5 heteroatoms. The van der Waals surface area contributed by atoms with Gasteiger partial charge in [-0.15, -0.1) is 0 Å². The quantitative estimate of drug-likeness (QED) is 0.918. The van der Waals surface area contributed by atoms with E-state index in [1.807, 2.05) is 31.4 Å². The van der Waals surface area contributed by atoms with Crippen molar-refractivity contribution in [2.75, 3.05) is 0 Å². The maximum Gasteiger partial charge on any atom is 0.165 e. The molecule has 0 saturated carbocycles. The maximum absolute atomic E-state index is 5.98. The van der Waals surface area contributed by atoms with Crippen molar-refractivity contribution >= 4 is 15.9 Å². The average Bonchev–Trinajstić information content (AvgIpc) is 2.78. The van der Waals surface area contributed by atoms with Gasteiger partial charge in [0.25, 0.3) is 0 Å². The number of halogens is 1. The third-order valence-electron chi connectivity index (χ3n) is 2.95. The predicted octanol–water partition coefficient (Wildman–Crippen LogP) is 3.25. The average molecular weight is 324 g/mol. The van der Waals surface area contributed by atoms with E-state index in [9.17, 15) is 0 Å². The fourth-order valence-corrected chi connectivity index (χ4v) is 2.29. The smallest absolute Gasteiger partial charge is 0.165 e. The molecule has 0 radical (unpaired) electrons. The van der Waals surface area contributed by atoms with E-state index in [0.717, 1.165) is 28.8 Å². The van der Waals surface area contributed by atoms with Crippen molar-refractivity contribution in [3.8, 4) is 11.5 Å². The molecule has 0 spiro atoms. The van der Waals surface area contributed by atoms with Gasteiger partial charge in [-0.1, -0.05) is 28.9 Å². The van der Waals surface area contributed by atoms with E-state index in [0.29, 0.717) is 0 Å². The van der Waals surface area contributed by atoms with Crippen LogP contribution >= 0.6 is 15.9 Å². The molecular weight excluding hydrogens is 306 g/mol. The first-order valence-corrected chi connectivity index (χ1v) is 7.08. The number of nitrogens with two attached hydrogens (primary N) is 1. The number of aryl methyl sites for hydroxylation is 1. The molecule has 1 aromatic carbocycles. The summed E-state index contributed by atoms with van der Waals surface area (Å²) >= 11 is 3.57. The first-order valence-electron chi connectivity index (χ1n) is 6.29. The molecule has 19 heavy (non-hydrogen) atoms. The van der Waals surface area contributed by atoms with Gasteiger partial charge >= 0.3 is 0 Å². The van der Waals surface area contributed by atoms with Gasteiger partial charge in [0.15, 0.2) is 5.75 Å². The Morgan fingerprint density at radius 1 is 1.42 bits per heavy atom. The van der Waals surface area contributed by atoms with Crippen molar-refractivity contribution in [3.63, 3.8) is 0 Å². The Morgan fingerprint density at radius 2 is 2.21 bits per heavy atom. The van der Waals surface area contributed by atoms with Crippen molar-refractivity contribution in [1.82, 2.24) is 9.78 Å². The zero-order valence-electron chi connectivity index (χ0n) is 11.1. The molecule has 4 nitrogen and oxygen atoms in total. The molecule has 0 aliphatic carbocycles. The molecule has 0 saturated heterocycles. The second-order valence-corrected chi connectivity index (χ2v) is 5.43. The molecule has 2 aromatic rings. The van der Waals surface area contributed by atoms with Gasteiger partial charge in [0, 0.05) is 17.6 Å². The SMILES string of the molecule is CCC(N)Cc1ccc(Oc2cnn(C)c2)cc1Br. The van der Waals surface area contributed by atoms with Crippen molar-refractivity contribution in [2.24, 2.45) is 12.8 Å². The lowest BCUT2D eigenvalue weighted by atomic mass is 10.0. The van der Waals surface area contributed by atoms with E-state index in [1.165, 1.54) is 5.56 Å². The number of aromatic nitrogens is 2. The third-order valence-corrected chi connectivity index (χ3v) is 3.69. The molecular formula is C14H18BrN3O. The highest BCUT2D eigenvalue weighted by atomic mass is 79.9. The van der Waals surface area contributed by atoms with Crippen LogP contribution in [-0.2, 0) is 13.5 Å². The van der Waals surface area contributed by atoms with E-state index >= 15 is 0 Å². The van der Waals surface area contributed by atoms with Gasteiger partial charge in [0.1, 0.15) is 5.75 Å². The Labute approximate surface area is 121 Å².